The molecule has 1 atom stereocenters. The van der Waals surface area contributed by atoms with Crippen molar-refractivity contribution in [3.63, 3.8) is 0 Å². The predicted octanol–water partition coefficient (Wildman–Crippen LogP) is 1.29. The van der Waals surface area contributed by atoms with E-state index >= 15 is 0 Å². The number of nitrogens with zero attached hydrogens (tertiary/aromatic N) is 3. The van der Waals surface area contributed by atoms with Crippen molar-refractivity contribution < 1.29 is 4.92 Å². The number of rotatable bonds is 3. The van der Waals surface area contributed by atoms with Gasteiger partial charge in [-0.1, -0.05) is 30.3 Å². The van der Waals surface area contributed by atoms with Gasteiger partial charge in [0.05, 0.1) is 23.0 Å². The fraction of sp³-hybridized carbons (Fsp3) is 0.100. The van der Waals surface area contributed by atoms with Crippen LogP contribution in [0, 0.1) is 10.1 Å². The SMILES string of the molecule is Nc1cnn(C(c2ccccc2)[N+](=O)[O-])c1. The van der Waals surface area contributed by atoms with Crippen LogP contribution in [0.3, 0.4) is 0 Å². The minimum Gasteiger partial charge on any atom is -0.396 e. The molecule has 2 rings (SSSR count). The molecule has 0 spiro atoms. The third-order valence-electron chi connectivity index (χ3n) is 2.17. The quantitative estimate of drug-likeness (QED) is 0.621. The van der Waals surface area contributed by atoms with Crippen LogP contribution in [0.1, 0.15) is 11.7 Å². The Bertz CT molecular complexity index is 495. The summed E-state index contributed by atoms with van der Waals surface area (Å²) in [7, 11) is 0. The van der Waals surface area contributed by atoms with E-state index in [1.807, 2.05) is 0 Å². The first kappa shape index (κ1) is 10.2. The lowest BCUT2D eigenvalue weighted by molar-refractivity contribution is -0.537. The lowest BCUT2D eigenvalue weighted by Gasteiger charge is -2.09. The summed E-state index contributed by atoms with van der Waals surface area (Å²) < 4.78 is 1.24. The highest BCUT2D eigenvalue weighted by molar-refractivity contribution is 5.31. The van der Waals surface area contributed by atoms with Gasteiger partial charge in [-0.25, -0.2) is 0 Å². The van der Waals surface area contributed by atoms with Gasteiger partial charge in [0, 0.05) is 5.56 Å². The average Bonchev–Trinajstić information content (AvgIpc) is 2.66. The number of aromatic nitrogens is 2. The van der Waals surface area contributed by atoms with Gasteiger partial charge in [0.1, 0.15) is 0 Å². The zero-order valence-electron chi connectivity index (χ0n) is 8.35. The highest BCUT2D eigenvalue weighted by atomic mass is 16.6. The van der Waals surface area contributed by atoms with Crippen molar-refractivity contribution in [3.05, 3.63) is 58.4 Å². The first-order valence-corrected chi connectivity index (χ1v) is 4.66. The summed E-state index contributed by atoms with van der Waals surface area (Å²) in [6, 6.07) is 8.67. The van der Waals surface area contributed by atoms with E-state index in [0.717, 1.165) is 0 Å². The maximum absolute atomic E-state index is 11.0. The number of nitro groups is 1. The number of anilines is 1. The molecule has 1 aromatic heterocycles. The number of nitrogen functional groups attached to an aromatic ring is 1. The van der Waals surface area contributed by atoms with Gasteiger partial charge in [0.2, 0.25) is 0 Å². The zero-order chi connectivity index (χ0) is 11.5. The molecule has 1 unspecified atom stereocenters. The van der Waals surface area contributed by atoms with Gasteiger partial charge in [-0.3, -0.25) is 10.1 Å². The largest absolute Gasteiger partial charge is 0.396 e. The van der Waals surface area contributed by atoms with Crippen LogP contribution in [-0.4, -0.2) is 14.7 Å². The van der Waals surface area contributed by atoms with E-state index in [1.165, 1.54) is 17.1 Å². The van der Waals surface area contributed by atoms with Gasteiger partial charge in [0.25, 0.3) is 0 Å². The lowest BCUT2D eigenvalue weighted by Crippen LogP contribution is -2.19. The molecule has 2 aromatic rings. The Morgan fingerprint density at radius 3 is 2.56 bits per heavy atom. The minimum absolute atomic E-state index is 0.401. The molecular weight excluding hydrogens is 208 g/mol. The molecule has 0 saturated heterocycles. The van der Waals surface area contributed by atoms with Crippen LogP contribution in [0.5, 0.6) is 0 Å². The van der Waals surface area contributed by atoms with Crippen molar-refractivity contribution in [3.8, 4) is 0 Å². The highest BCUT2D eigenvalue weighted by Crippen LogP contribution is 2.18. The van der Waals surface area contributed by atoms with Gasteiger partial charge in [0.15, 0.2) is 0 Å². The highest BCUT2D eigenvalue weighted by Gasteiger charge is 2.25. The van der Waals surface area contributed by atoms with Gasteiger partial charge >= 0.3 is 6.17 Å². The monoisotopic (exact) mass is 218 g/mol. The van der Waals surface area contributed by atoms with Crippen LogP contribution in [0.4, 0.5) is 5.69 Å². The summed E-state index contributed by atoms with van der Waals surface area (Å²) in [5, 5.41) is 14.9. The molecule has 0 bridgehead atoms. The topological polar surface area (TPSA) is 87.0 Å². The van der Waals surface area contributed by atoms with E-state index in [1.54, 1.807) is 30.3 Å². The number of benzene rings is 1. The van der Waals surface area contributed by atoms with E-state index in [2.05, 4.69) is 5.10 Å². The summed E-state index contributed by atoms with van der Waals surface area (Å²) in [5.74, 6) is 0. The first-order valence-electron chi connectivity index (χ1n) is 4.66. The minimum atomic E-state index is -1.03. The molecule has 6 nitrogen and oxygen atoms in total. The Morgan fingerprint density at radius 2 is 2.06 bits per heavy atom. The maximum Gasteiger partial charge on any atom is 0.330 e. The van der Waals surface area contributed by atoms with Crippen molar-refractivity contribution in [2.24, 2.45) is 0 Å². The normalized spacial score (nSPS) is 12.2. The van der Waals surface area contributed by atoms with Crippen LogP contribution in [0.2, 0.25) is 0 Å². The second-order valence-corrected chi connectivity index (χ2v) is 3.32. The van der Waals surface area contributed by atoms with Gasteiger partial charge < -0.3 is 5.73 Å². The van der Waals surface area contributed by atoms with E-state index < -0.39 is 11.1 Å². The molecule has 0 fully saturated rings. The van der Waals surface area contributed by atoms with Crippen LogP contribution < -0.4 is 5.73 Å². The Hall–Kier alpha value is -2.37. The Balaban J connectivity index is 2.43. The summed E-state index contributed by atoms with van der Waals surface area (Å²) in [6.45, 7) is 0. The first-order chi connectivity index (χ1) is 7.68. The molecular formula is C10H10N4O2. The second kappa shape index (κ2) is 4.01. The fourth-order valence-electron chi connectivity index (χ4n) is 1.48. The Kier molecular flexibility index (Phi) is 2.55. The summed E-state index contributed by atoms with van der Waals surface area (Å²) in [5.41, 5.74) is 6.46. The van der Waals surface area contributed by atoms with Crippen LogP contribution >= 0.6 is 0 Å². The summed E-state index contributed by atoms with van der Waals surface area (Å²) >= 11 is 0. The van der Waals surface area contributed by atoms with Gasteiger partial charge in [-0.2, -0.15) is 9.78 Å². The van der Waals surface area contributed by atoms with Crippen molar-refractivity contribution in [2.45, 2.75) is 6.17 Å². The molecule has 0 aliphatic carbocycles. The number of nitrogens with two attached hydrogens (primary N) is 1. The van der Waals surface area contributed by atoms with E-state index in [-0.39, 0.29) is 0 Å². The Morgan fingerprint density at radius 1 is 1.38 bits per heavy atom. The van der Waals surface area contributed by atoms with E-state index in [0.29, 0.717) is 11.3 Å². The third-order valence-corrected chi connectivity index (χ3v) is 2.17. The zero-order valence-corrected chi connectivity index (χ0v) is 8.35. The summed E-state index contributed by atoms with van der Waals surface area (Å²) in [6.07, 6.45) is 1.80. The van der Waals surface area contributed by atoms with Crippen molar-refractivity contribution in [1.29, 1.82) is 0 Å². The average molecular weight is 218 g/mol. The molecule has 0 aliphatic rings. The van der Waals surface area contributed by atoms with Crippen LogP contribution in [-0.2, 0) is 0 Å². The molecule has 1 aromatic carbocycles. The maximum atomic E-state index is 11.0. The molecule has 0 radical (unpaired) electrons. The van der Waals surface area contributed by atoms with E-state index in [9.17, 15) is 10.1 Å². The van der Waals surface area contributed by atoms with Crippen molar-refractivity contribution in [2.75, 3.05) is 5.73 Å². The molecule has 2 N–H and O–H groups in total. The van der Waals surface area contributed by atoms with Gasteiger partial charge in [-0.05, 0) is 0 Å². The molecule has 1 heterocycles. The Labute approximate surface area is 91.5 Å². The molecule has 0 amide bonds. The van der Waals surface area contributed by atoms with Gasteiger partial charge in [-0.15, -0.1) is 0 Å². The molecule has 0 aliphatic heterocycles. The van der Waals surface area contributed by atoms with Crippen molar-refractivity contribution >= 4 is 5.69 Å². The molecule has 6 heteroatoms. The molecule has 0 saturated carbocycles. The number of hydrogen-bond donors (Lipinski definition) is 1. The third kappa shape index (κ3) is 1.85. The lowest BCUT2D eigenvalue weighted by atomic mass is 10.2. The molecule has 16 heavy (non-hydrogen) atoms. The van der Waals surface area contributed by atoms with Crippen LogP contribution in [0.25, 0.3) is 0 Å². The smallest absolute Gasteiger partial charge is 0.330 e. The predicted molar refractivity (Wildman–Crippen MR) is 58.2 cm³/mol. The number of hydrogen-bond acceptors (Lipinski definition) is 4. The molecule has 82 valence electrons. The summed E-state index contributed by atoms with van der Waals surface area (Å²) in [4.78, 5) is 10.6. The second-order valence-electron chi connectivity index (χ2n) is 3.32. The standard InChI is InChI=1S/C10H10N4O2/c11-9-6-12-13(7-9)10(14(15)16)8-4-2-1-3-5-8/h1-7,10H,11H2. The van der Waals surface area contributed by atoms with Crippen molar-refractivity contribution in [1.82, 2.24) is 9.78 Å². The van der Waals surface area contributed by atoms with Crippen LogP contribution in [0.15, 0.2) is 42.7 Å². The fourth-order valence-corrected chi connectivity index (χ4v) is 1.48. The van der Waals surface area contributed by atoms with E-state index in [4.69, 9.17) is 5.73 Å².